The van der Waals surface area contributed by atoms with Gasteiger partial charge in [-0.25, -0.2) is 0 Å². The Morgan fingerprint density at radius 3 is 2.74 bits per heavy atom. The van der Waals surface area contributed by atoms with Crippen molar-refractivity contribution in [2.45, 2.75) is 64.0 Å². The molecule has 2 amide bonds. The summed E-state index contributed by atoms with van der Waals surface area (Å²) in [6, 6.07) is 0.182. The van der Waals surface area contributed by atoms with E-state index >= 15 is 0 Å². The third kappa shape index (κ3) is 2.26. The summed E-state index contributed by atoms with van der Waals surface area (Å²) in [4.78, 5) is 28.5. The molecular formula is C15H24N2O2. The van der Waals surface area contributed by atoms with Gasteiger partial charge in [0.1, 0.15) is 12.6 Å². The Kier molecular flexibility index (Phi) is 3.50. The van der Waals surface area contributed by atoms with Crippen molar-refractivity contribution >= 4 is 11.8 Å². The molecule has 3 fully saturated rings. The number of amides is 2. The van der Waals surface area contributed by atoms with Crippen LogP contribution in [0.3, 0.4) is 0 Å². The standard InChI is InChI=1S/C15H24N2O2/c1-2-11-5-3-6-12(9-11)17-10-14(18)16-8-4-7-13(16)15(17)19/h11-13H,2-10H2,1H3. The van der Waals surface area contributed by atoms with E-state index in [1.165, 1.54) is 19.3 Å². The van der Waals surface area contributed by atoms with Gasteiger partial charge in [0.25, 0.3) is 0 Å². The maximum absolute atomic E-state index is 12.6. The van der Waals surface area contributed by atoms with Crippen molar-refractivity contribution in [3.8, 4) is 0 Å². The molecule has 0 bridgehead atoms. The van der Waals surface area contributed by atoms with Crippen molar-refractivity contribution < 1.29 is 9.59 Å². The van der Waals surface area contributed by atoms with Gasteiger partial charge in [-0.05, 0) is 31.6 Å². The molecule has 0 aromatic rings. The number of rotatable bonds is 2. The molecule has 3 unspecified atom stereocenters. The van der Waals surface area contributed by atoms with Gasteiger partial charge in [0.15, 0.2) is 0 Å². The Morgan fingerprint density at radius 2 is 1.95 bits per heavy atom. The molecule has 0 radical (unpaired) electrons. The minimum Gasteiger partial charge on any atom is -0.329 e. The maximum atomic E-state index is 12.6. The minimum absolute atomic E-state index is 0.136. The molecule has 4 nitrogen and oxygen atoms in total. The topological polar surface area (TPSA) is 40.6 Å². The summed E-state index contributed by atoms with van der Waals surface area (Å²) in [7, 11) is 0. The second kappa shape index (κ2) is 5.14. The molecule has 1 saturated carbocycles. The van der Waals surface area contributed by atoms with Gasteiger partial charge in [-0.2, -0.15) is 0 Å². The van der Waals surface area contributed by atoms with E-state index < -0.39 is 0 Å². The van der Waals surface area contributed by atoms with Crippen LogP contribution in [-0.4, -0.2) is 46.8 Å². The number of fused-ring (bicyclic) bond motifs is 1. The van der Waals surface area contributed by atoms with E-state index in [2.05, 4.69) is 6.92 Å². The lowest BCUT2D eigenvalue weighted by Gasteiger charge is -2.43. The molecular weight excluding hydrogens is 240 g/mol. The van der Waals surface area contributed by atoms with Gasteiger partial charge in [0, 0.05) is 12.6 Å². The van der Waals surface area contributed by atoms with Crippen LogP contribution in [0.25, 0.3) is 0 Å². The molecule has 4 heteroatoms. The number of carbonyl (C=O) groups excluding carboxylic acids is 2. The molecule has 2 saturated heterocycles. The lowest BCUT2D eigenvalue weighted by Crippen LogP contribution is -2.60. The van der Waals surface area contributed by atoms with Crippen LogP contribution < -0.4 is 0 Å². The summed E-state index contributed by atoms with van der Waals surface area (Å²) in [5.74, 6) is 1.13. The summed E-state index contributed by atoms with van der Waals surface area (Å²) in [6.07, 6.45) is 7.73. The molecule has 3 rings (SSSR count). The normalized spacial score (nSPS) is 35.7. The van der Waals surface area contributed by atoms with Crippen molar-refractivity contribution in [2.24, 2.45) is 5.92 Å². The zero-order chi connectivity index (χ0) is 13.4. The van der Waals surface area contributed by atoms with Crippen LogP contribution in [0.15, 0.2) is 0 Å². The molecule has 0 aromatic carbocycles. The van der Waals surface area contributed by atoms with E-state index in [4.69, 9.17) is 0 Å². The van der Waals surface area contributed by atoms with Crippen molar-refractivity contribution in [2.75, 3.05) is 13.1 Å². The van der Waals surface area contributed by atoms with Crippen LogP contribution in [0.4, 0.5) is 0 Å². The largest absolute Gasteiger partial charge is 0.329 e. The third-order valence-corrected chi connectivity index (χ3v) is 5.22. The Morgan fingerprint density at radius 1 is 1.11 bits per heavy atom. The molecule has 3 aliphatic rings. The van der Waals surface area contributed by atoms with Gasteiger partial charge in [-0.15, -0.1) is 0 Å². The van der Waals surface area contributed by atoms with Crippen molar-refractivity contribution in [3.05, 3.63) is 0 Å². The van der Waals surface area contributed by atoms with E-state index in [1.807, 2.05) is 4.90 Å². The fraction of sp³-hybridized carbons (Fsp3) is 0.867. The van der Waals surface area contributed by atoms with Crippen molar-refractivity contribution in [1.82, 2.24) is 9.80 Å². The van der Waals surface area contributed by atoms with Crippen LogP contribution in [0.5, 0.6) is 0 Å². The van der Waals surface area contributed by atoms with Crippen molar-refractivity contribution in [3.63, 3.8) is 0 Å². The highest BCUT2D eigenvalue weighted by Gasteiger charge is 2.44. The SMILES string of the molecule is CCC1CCCC(N2CC(=O)N3CCCC3C2=O)C1. The smallest absolute Gasteiger partial charge is 0.246 e. The predicted molar refractivity (Wildman–Crippen MR) is 72.5 cm³/mol. The number of hydrogen-bond acceptors (Lipinski definition) is 2. The van der Waals surface area contributed by atoms with Crippen molar-refractivity contribution in [1.29, 1.82) is 0 Å². The second-order valence-corrected chi connectivity index (χ2v) is 6.31. The highest BCUT2D eigenvalue weighted by Crippen LogP contribution is 2.33. The van der Waals surface area contributed by atoms with Gasteiger partial charge in [-0.3, -0.25) is 9.59 Å². The summed E-state index contributed by atoms with van der Waals surface area (Å²) in [5.41, 5.74) is 0. The lowest BCUT2D eigenvalue weighted by atomic mass is 9.83. The molecule has 2 aliphatic heterocycles. The lowest BCUT2D eigenvalue weighted by molar-refractivity contribution is -0.156. The zero-order valence-electron chi connectivity index (χ0n) is 11.8. The number of piperazine rings is 1. The first-order valence-corrected chi connectivity index (χ1v) is 7.80. The monoisotopic (exact) mass is 264 g/mol. The summed E-state index contributed by atoms with van der Waals surface area (Å²) in [6.45, 7) is 3.34. The maximum Gasteiger partial charge on any atom is 0.246 e. The average molecular weight is 264 g/mol. The van der Waals surface area contributed by atoms with E-state index in [9.17, 15) is 9.59 Å². The average Bonchev–Trinajstić information content (AvgIpc) is 2.93. The molecule has 1 aliphatic carbocycles. The summed E-state index contributed by atoms with van der Waals surface area (Å²) in [5, 5.41) is 0. The van der Waals surface area contributed by atoms with Crippen LogP contribution >= 0.6 is 0 Å². The van der Waals surface area contributed by atoms with Gasteiger partial charge in [0.2, 0.25) is 11.8 Å². The highest BCUT2D eigenvalue weighted by molar-refractivity contribution is 5.95. The Bertz CT molecular complexity index is 382. The molecule has 19 heavy (non-hydrogen) atoms. The fourth-order valence-corrected chi connectivity index (χ4v) is 4.05. The van der Waals surface area contributed by atoms with Gasteiger partial charge in [0.05, 0.1) is 0 Å². The molecule has 3 atom stereocenters. The number of carbonyl (C=O) groups is 2. The van der Waals surface area contributed by atoms with Crippen LogP contribution in [0, 0.1) is 5.92 Å². The zero-order valence-corrected chi connectivity index (χ0v) is 11.8. The Balaban J connectivity index is 1.73. The van der Waals surface area contributed by atoms with Gasteiger partial charge >= 0.3 is 0 Å². The molecule has 0 spiro atoms. The fourth-order valence-electron chi connectivity index (χ4n) is 4.05. The molecule has 2 heterocycles. The highest BCUT2D eigenvalue weighted by atomic mass is 16.2. The first-order chi connectivity index (χ1) is 9.20. The molecule has 0 N–H and O–H groups in total. The first-order valence-electron chi connectivity index (χ1n) is 7.80. The number of hydrogen-bond donors (Lipinski definition) is 0. The Hall–Kier alpha value is -1.06. The quantitative estimate of drug-likeness (QED) is 0.763. The van der Waals surface area contributed by atoms with Crippen LogP contribution in [0.2, 0.25) is 0 Å². The first kappa shape index (κ1) is 12.9. The Labute approximate surface area is 115 Å². The second-order valence-electron chi connectivity index (χ2n) is 6.31. The van der Waals surface area contributed by atoms with Gasteiger partial charge < -0.3 is 9.80 Å². The van der Waals surface area contributed by atoms with Gasteiger partial charge in [-0.1, -0.05) is 26.2 Å². The third-order valence-electron chi connectivity index (χ3n) is 5.22. The molecule has 0 aromatic heterocycles. The predicted octanol–water partition coefficient (Wildman–Crippen LogP) is 1.79. The van der Waals surface area contributed by atoms with E-state index in [0.717, 1.165) is 38.1 Å². The summed E-state index contributed by atoms with van der Waals surface area (Å²) < 4.78 is 0. The van der Waals surface area contributed by atoms with E-state index in [-0.39, 0.29) is 17.9 Å². The van der Waals surface area contributed by atoms with Crippen LogP contribution in [0.1, 0.15) is 51.9 Å². The molecule has 106 valence electrons. The summed E-state index contributed by atoms with van der Waals surface area (Å²) >= 11 is 0. The van der Waals surface area contributed by atoms with Crippen LogP contribution in [-0.2, 0) is 9.59 Å². The minimum atomic E-state index is -0.136. The van der Waals surface area contributed by atoms with E-state index in [1.54, 1.807) is 4.90 Å². The number of nitrogens with zero attached hydrogens (tertiary/aromatic N) is 2. The van der Waals surface area contributed by atoms with E-state index in [0.29, 0.717) is 12.6 Å².